The molecule has 1 amide bonds. The van der Waals surface area contributed by atoms with E-state index in [9.17, 15) is 9.59 Å². The highest BCUT2D eigenvalue weighted by molar-refractivity contribution is 5.86. The Balaban J connectivity index is 4.55. The van der Waals surface area contributed by atoms with Gasteiger partial charge >= 0.3 is 5.97 Å². The number of hydrogen-bond acceptors (Lipinski definition) is 4. The molecule has 6 nitrogen and oxygen atoms in total. The molecule has 0 heterocycles. The lowest BCUT2D eigenvalue weighted by Crippen LogP contribution is -2.52. The fourth-order valence-corrected chi connectivity index (χ4v) is 1.51. The molecule has 0 radical (unpaired) electrons. The van der Waals surface area contributed by atoms with Crippen molar-refractivity contribution in [2.24, 2.45) is 5.92 Å². The number of amides is 1. The summed E-state index contributed by atoms with van der Waals surface area (Å²) in [5.41, 5.74) is 0. The van der Waals surface area contributed by atoms with Crippen LogP contribution in [0.15, 0.2) is 0 Å². The third-order valence-electron chi connectivity index (χ3n) is 3.27. The van der Waals surface area contributed by atoms with Gasteiger partial charge in [0.05, 0.1) is 12.6 Å². The average molecular weight is 260 g/mol. The number of carboxylic acid groups (broad SMARTS) is 1. The zero-order valence-electron chi connectivity index (χ0n) is 11.5. The van der Waals surface area contributed by atoms with Crippen LogP contribution in [0.3, 0.4) is 0 Å². The third-order valence-corrected chi connectivity index (χ3v) is 3.27. The molecule has 3 atom stereocenters. The molecular formula is C12H24N2O4. The highest BCUT2D eigenvalue weighted by Gasteiger charge is 2.28. The largest absolute Gasteiger partial charge is 0.480 e. The van der Waals surface area contributed by atoms with Gasteiger partial charge in [0.1, 0.15) is 6.04 Å². The maximum absolute atomic E-state index is 11.9. The zero-order chi connectivity index (χ0) is 14.3. The molecule has 106 valence electrons. The fourth-order valence-electron chi connectivity index (χ4n) is 1.51. The minimum Gasteiger partial charge on any atom is -0.480 e. The lowest BCUT2D eigenvalue weighted by Gasteiger charge is -2.26. The van der Waals surface area contributed by atoms with Crippen molar-refractivity contribution in [1.29, 1.82) is 0 Å². The highest BCUT2D eigenvalue weighted by atomic mass is 16.4. The lowest BCUT2D eigenvalue weighted by molar-refractivity contribution is -0.144. The SMILES string of the molecule is CCC(C)C(NC(=O)C(C)N(C)CCO)C(=O)O. The van der Waals surface area contributed by atoms with E-state index in [2.05, 4.69) is 5.32 Å². The number of hydrogen-bond donors (Lipinski definition) is 3. The molecule has 0 rings (SSSR count). The monoisotopic (exact) mass is 260 g/mol. The van der Waals surface area contributed by atoms with E-state index >= 15 is 0 Å². The first kappa shape index (κ1) is 16.9. The van der Waals surface area contributed by atoms with E-state index in [0.717, 1.165) is 0 Å². The number of aliphatic hydroxyl groups excluding tert-OH is 1. The number of nitrogens with zero attached hydrogens (tertiary/aromatic N) is 1. The van der Waals surface area contributed by atoms with Gasteiger partial charge in [-0.1, -0.05) is 20.3 Å². The number of carbonyl (C=O) groups is 2. The van der Waals surface area contributed by atoms with Crippen LogP contribution in [0.4, 0.5) is 0 Å². The number of aliphatic hydroxyl groups is 1. The molecule has 0 aliphatic carbocycles. The van der Waals surface area contributed by atoms with Gasteiger partial charge < -0.3 is 15.5 Å². The van der Waals surface area contributed by atoms with Crippen molar-refractivity contribution in [1.82, 2.24) is 10.2 Å². The van der Waals surface area contributed by atoms with Gasteiger partial charge in [-0.15, -0.1) is 0 Å². The first-order valence-corrected chi connectivity index (χ1v) is 6.19. The molecule has 0 aromatic rings. The predicted octanol–water partition coefficient (Wildman–Crippen LogP) is -0.0855. The van der Waals surface area contributed by atoms with E-state index in [1.54, 1.807) is 25.8 Å². The van der Waals surface area contributed by atoms with E-state index in [1.165, 1.54) is 0 Å². The maximum atomic E-state index is 11.9. The molecular weight excluding hydrogens is 236 g/mol. The normalized spacial score (nSPS) is 16.1. The van der Waals surface area contributed by atoms with Crippen molar-refractivity contribution in [3.63, 3.8) is 0 Å². The first-order chi connectivity index (χ1) is 8.34. The molecule has 0 aliphatic heterocycles. The number of carboxylic acids is 1. The minimum absolute atomic E-state index is 0.0398. The molecule has 6 heteroatoms. The Morgan fingerprint density at radius 3 is 2.28 bits per heavy atom. The van der Waals surface area contributed by atoms with Crippen molar-refractivity contribution < 1.29 is 19.8 Å². The van der Waals surface area contributed by atoms with Gasteiger partial charge in [0.2, 0.25) is 5.91 Å². The smallest absolute Gasteiger partial charge is 0.326 e. The highest BCUT2D eigenvalue weighted by Crippen LogP contribution is 2.08. The maximum Gasteiger partial charge on any atom is 0.326 e. The van der Waals surface area contributed by atoms with Crippen LogP contribution < -0.4 is 5.32 Å². The fraction of sp³-hybridized carbons (Fsp3) is 0.833. The van der Waals surface area contributed by atoms with Gasteiger partial charge in [0, 0.05) is 6.54 Å². The van der Waals surface area contributed by atoms with Crippen molar-refractivity contribution in [3.05, 3.63) is 0 Å². The summed E-state index contributed by atoms with van der Waals surface area (Å²) in [6.45, 7) is 5.69. The lowest BCUT2D eigenvalue weighted by atomic mass is 9.99. The van der Waals surface area contributed by atoms with E-state index in [-0.39, 0.29) is 18.4 Å². The minimum atomic E-state index is -1.02. The van der Waals surface area contributed by atoms with Crippen LogP contribution in [-0.2, 0) is 9.59 Å². The van der Waals surface area contributed by atoms with E-state index in [0.29, 0.717) is 13.0 Å². The second-order valence-electron chi connectivity index (χ2n) is 4.59. The molecule has 0 aromatic carbocycles. The molecule has 0 spiro atoms. The summed E-state index contributed by atoms with van der Waals surface area (Å²) in [7, 11) is 1.71. The van der Waals surface area contributed by atoms with Crippen molar-refractivity contribution in [3.8, 4) is 0 Å². The van der Waals surface area contributed by atoms with Gasteiger partial charge in [-0.3, -0.25) is 9.69 Å². The van der Waals surface area contributed by atoms with Crippen LogP contribution in [0.25, 0.3) is 0 Å². The summed E-state index contributed by atoms with van der Waals surface area (Å²) >= 11 is 0. The van der Waals surface area contributed by atoms with Gasteiger partial charge in [0.15, 0.2) is 0 Å². The Bertz CT molecular complexity index is 283. The summed E-state index contributed by atoms with van der Waals surface area (Å²) in [4.78, 5) is 24.7. The molecule has 3 unspecified atom stereocenters. The number of likely N-dealkylation sites (N-methyl/N-ethyl adjacent to an activating group) is 1. The van der Waals surface area contributed by atoms with Crippen molar-refractivity contribution in [2.45, 2.75) is 39.3 Å². The summed E-state index contributed by atoms with van der Waals surface area (Å²) in [6, 6.07) is -1.34. The van der Waals surface area contributed by atoms with E-state index in [4.69, 9.17) is 10.2 Å². The van der Waals surface area contributed by atoms with Gasteiger partial charge in [-0.25, -0.2) is 4.79 Å². The predicted molar refractivity (Wildman–Crippen MR) is 68.2 cm³/mol. The van der Waals surface area contributed by atoms with Crippen LogP contribution in [0.5, 0.6) is 0 Å². The van der Waals surface area contributed by atoms with Crippen molar-refractivity contribution in [2.75, 3.05) is 20.2 Å². The molecule has 0 aromatic heterocycles. The Hall–Kier alpha value is -1.14. The topological polar surface area (TPSA) is 89.9 Å². The molecule has 0 fully saturated rings. The Kier molecular flexibility index (Phi) is 7.54. The summed E-state index contributed by atoms with van der Waals surface area (Å²) in [6.07, 6.45) is 0.679. The van der Waals surface area contributed by atoms with Gasteiger partial charge in [-0.2, -0.15) is 0 Å². The van der Waals surface area contributed by atoms with Crippen LogP contribution in [0, 0.1) is 5.92 Å². The quantitative estimate of drug-likeness (QED) is 0.568. The molecule has 18 heavy (non-hydrogen) atoms. The Morgan fingerprint density at radius 2 is 1.89 bits per heavy atom. The summed E-state index contributed by atoms with van der Waals surface area (Å²) < 4.78 is 0. The van der Waals surface area contributed by atoms with Gasteiger partial charge in [0.25, 0.3) is 0 Å². The van der Waals surface area contributed by atoms with E-state index in [1.807, 2.05) is 6.92 Å². The first-order valence-electron chi connectivity index (χ1n) is 6.19. The average Bonchev–Trinajstić information content (AvgIpc) is 2.33. The summed E-state index contributed by atoms with van der Waals surface area (Å²) in [5, 5.41) is 20.4. The van der Waals surface area contributed by atoms with Crippen LogP contribution >= 0.6 is 0 Å². The van der Waals surface area contributed by atoms with Crippen LogP contribution in [-0.4, -0.2) is 59.3 Å². The third kappa shape index (κ3) is 5.01. The molecule has 0 saturated heterocycles. The number of nitrogens with one attached hydrogen (secondary N) is 1. The van der Waals surface area contributed by atoms with Crippen LogP contribution in [0.1, 0.15) is 27.2 Å². The van der Waals surface area contributed by atoms with Crippen LogP contribution in [0.2, 0.25) is 0 Å². The second kappa shape index (κ2) is 8.05. The van der Waals surface area contributed by atoms with E-state index < -0.39 is 18.1 Å². The Labute approximate surface area is 108 Å². The molecule has 0 saturated carbocycles. The Morgan fingerprint density at radius 1 is 1.33 bits per heavy atom. The molecule has 3 N–H and O–H groups in total. The second-order valence-corrected chi connectivity index (χ2v) is 4.59. The number of rotatable bonds is 8. The molecule has 0 bridgehead atoms. The standard InChI is InChI=1S/C12H24N2O4/c1-5-8(2)10(12(17)18)13-11(16)9(3)14(4)6-7-15/h8-10,15H,5-7H2,1-4H3,(H,13,16)(H,17,18). The molecule has 0 aliphatic rings. The number of carbonyl (C=O) groups excluding carboxylic acids is 1. The summed E-state index contributed by atoms with van der Waals surface area (Å²) in [5.74, 6) is -1.48. The zero-order valence-corrected chi connectivity index (χ0v) is 11.5. The van der Waals surface area contributed by atoms with Gasteiger partial charge in [-0.05, 0) is 19.9 Å². The number of aliphatic carboxylic acids is 1. The van der Waals surface area contributed by atoms with Crippen molar-refractivity contribution >= 4 is 11.9 Å².